The Balaban J connectivity index is 1.89. The van der Waals surface area contributed by atoms with E-state index in [0.717, 1.165) is 20.9 Å². The molecule has 0 radical (unpaired) electrons. The van der Waals surface area contributed by atoms with Crippen molar-refractivity contribution in [2.75, 3.05) is 0 Å². The highest BCUT2D eigenvalue weighted by Crippen LogP contribution is 2.25. The number of halogens is 2. The number of hydrogen-bond acceptors (Lipinski definition) is 3. The van der Waals surface area contributed by atoms with Crippen molar-refractivity contribution in [1.82, 2.24) is 9.97 Å². The second kappa shape index (κ2) is 5.77. The summed E-state index contributed by atoms with van der Waals surface area (Å²) < 4.78 is 6.75. The molecule has 2 aromatic carbocycles. The lowest BCUT2D eigenvalue weighted by Crippen LogP contribution is -1.98. The molecule has 0 aliphatic heterocycles. The van der Waals surface area contributed by atoms with Gasteiger partial charge in [0.2, 0.25) is 5.88 Å². The third kappa shape index (κ3) is 2.92. The molecule has 0 bridgehead atoms. The first-order valence-corrected chi connectivity index (χ1v) is 7.17. The first kappa shape index (κ1) is 13.3. The Labute approximate surface area is 129 Å². The van der Waals surface area contributed by atoms with Crippen LogP contribution in [0.1, 0.15) is 5.56 Å². The average Bonchev–Trinajstić information content (AvgIpc) is 2.45. The Hall–Kier alpha value is -1.65. The topological polar surface area (TPSA) is 35.0 Å². The standard InChI is InChI=1S/C15H10BrClN2O/c16-11-4-5-14-13(7-11)15(19-9-18-14)20-8-10-2-1-3-12(17)6-10/h1-7,9H,8H2. The summed E-state index contributed by atoms with van der Waals surface area (Å²) in [5.74, 6) is 0.566. The van der Waals surface area contributed by atoms with E-state index in [4.69, 9.17) is 16.3 Å². The van der Waals surface area contributed by atoms with E-state index in [1.807, 2.05) is 42.5 Å². The third-order valence-corrected chi connectivity index (χ3v) is 3.55. The molecule has 3 aromatic rings. The minimum Gasteiger partial charge on any atom is -0.472 e. The molecule has 0 aliphatic rings. The Morgan fingerprint density at radius 3 is 2.85 bits per heavy atom. The molecule has 0 atom stereocenters. The first-order valence-electron chi connectivity index (χ1n) is 6.00. The number of ether oxygens (including phenoxy) is 1. The van der Waals surface area contributed by atoms with E-state index in [9.17, 15) is 0 Å². The molecule has 0 fully saturated rings. The van der Waals surface area contributed by atoms with Crippen LogP contribution in [-0.4, -0.2) is 9.97 Å². The Kier molecular flexibility index (Phi) is 3.85. The summed E-state index contributed by atoms with van der Waals surface area (Å²) in [6.45, 7) is 0.416. The highest BCUT2D eigenvalue weighted by molar-refractivity contribution is 9.10. The Morgan fingerprint density at radius 2 is 2.00 bits per heavy atom. The van der Waals surface area contributed by atoms with Gasteiger partial charge in [0.05, 0.1) is 10.9 Å². The maximum atomic E-state index is 5.96. The SMILES string of the molecule is Clc1cccc(COc2ncnc3ccc(Br)cc23)c1. The molecule has 0 aliphatic carbocycles. The van der Waals surface area contributed by atoms with Gasteiger partial charge in [-0.1, -0.05) is 39.7 Å². The fraction of sp³-hybridized carbons (Fsp3) is 0.0667. The van der Waals surface area contributed by atoms with Crippen LogP contribution >= 0.6 is 27.5 Å². The van der Waals surface area contributed by atoms with Crippen molar-refractivity contribution < 1.29 is 4.74 Å². The quantitative estimate of drug-likeness (QED) is 0.692. The van der Waals surface area contributed by atoms with Gasteiger partial charge in [0, 0.05) is 9.50 Å². The molecule has 1 heterocycles. The predicted molar refractivity (Wildman–Crippen MR) is 83.0 cm³/mol. The van der Waals surface area contributed by atoms with Crippen LogP contribution in [0.4, 0.5) is 0 Å². The van der Waals surface area contributed by atoms with Crippen molar-refractivity contribution in [3.05, 3.63) is 63.9 Å². The third-order valence-electron chi connectivity index (χ3n) is 2.83. The lowest BCUT2D eigenvalue weighted by atomic mass is 10.2. The normalized spacial score (nSPS) is 10.7. The molecule has 3 rings (SSSR count). The van der Waals surface area contributed by atoms with Gasteiger partial charge >= 0.3 is 0 Å². The second-order valence-corrected chi connectivity index (χ2v) is 5.61. The molecule has 0 amide bonds. The van der Waals surface area contributed by atoms with E-state index in [1.54, 1.807) is 0 Å². The van der Waals surface area contributed by atoms with Crippen LogP contribution in [0.3, 0.4) is 0 Å². The van der Waals surface area contributed by atoms with Crippen LogP contribution in [0, 0.1) is 0 Å². The molecular formula is C15H10BrClN2O. The smallest absolute Gasteiger partial charge is 0.224 e. The molecule has 5 heteroatoms. The summed E-state index contributed by atoms with van der Waals surface area (Å²) >= 11 is 9.40. The molecular weight excluding hydrogens is 340 g/mol. The summed E-state index contributed by atoms with van der Waals surface area (Å²) in [6, 6.07) is 13.4. The van der Waals surface area contributed by atoms with Crippen molar-refractivity contribution in [2.24, 2.45) is 0 Å². The second-order valence-electron chi connectivity index (χ2n) is 4.26. The first-order chi connectivity index (χ1) is 9.72. The van der Waals surface area contributed by atoms with Crippen LogP contribution in [0.5, 0.6) is 5.88 Å². The number of aromatic nitrogens is 2. The van der Waals surface area contributed by atoms with Gasteiger partial charge in [-0.3, -0.25) is 0 Å². The van der Waals surface area contributed by atoms with E-state index in [-0.39, 0.29) is 0 Å². The molecule has 0 unspecified atom stereocenters. The van der Waals surface area contributed by atoms with Crippen molar-refractivity contribution >= 4 is 38.4 Å². The van der Waals surface area contributed by atoms with Gasteiger partial charge in [-0.15, -0.1) is 0 Å². The van der Waals surface area contributed by atoms with E-state index in [0.29, 0.717) is 17.5 Å². The highest BCUT2D eigenvalue weighted by atomic mass is 79.9. The lowest BCUT2D eigenvalue weighted by Gasteiger charge is -2.08. The summed E-state index contributed by atoms with van der Waals surface area (Å²) in [5, 5.41) is 1.57. The molecule has 0 spiro atoms. The van der Waals surface area contributed by atoms with Crippen molar-refractivity contribution in [1.29, 1.82) is 0 Å². The molecule has 1 aromatic heterocycles. The van der Waals surface area contributed by atoms with Crippen LogP contribution in [0.25, 0.3) is 10.9 Å². The maximum absolute atomic E-state index is 5.96. The lowest BCUT2D eigenvalue weighted by molar-refractivity contribution is 0.297. The van der Waals surface area contributed by atoms with Gasteiger partial charge < -0.3 is 4.74 Å². The van der Waals surface area contributed by atoms with Crippen molar-refractivity contribution in [2.45, 2.75) is 6.61 Å². The number of benzene rings is 2. The maximum Gasteiger partial charge on any atom is 0.224 e. The van der Waals surface area contributed by atoms with Crippen molar-refractivity contribution in [3.8, 4) is 5.88 Å². The molecule has 100 valence electrons. The van der Waals surface area contributed by atoms with Crippen LogP contribution in [0.2, 0.25) is 5.02 Å². The van der Waals surface area contributed by atoms with Gasteiger partial charge in [0.15, 0.2) is 0 Å². The molecule has 0 N–H and O–H groups in total. The number of hydrogen-bond donors (Lipinski definition) is 0. The van der Waals surface area contributed by atoms with E-state index in [1.165, 1.54) is 6.33 Å². The number of rotatable bonds is 3. The summed E-state index contributed by atoms with van der Waals surface area (Å²) in [4.78, 5) is 8.42. The Morgan fingerprint density at radius 1 is 1.10 bits per heavy atom. The molecule has 20 heavy (non-hydrogen) atoms. The van der Waals surface area contributed by atoms with E-state index < -0.39 is 0 Å². The largest absolute Gasteiger partial charge is 0.472 e. The summed E-state index contributed by atoms with van der Waals surface area (Å²) in [7, 11) is 0. The van der Waals surface area contributed by atoms with Crippen LogP contribution in [-0.2, 0) is 6.61 Å². The molecule has 0 saturated heterocycles. The van der Waals surface area contributed by atoms with Crippen molar-refractivity contribution in [3.63, 3.8) is 0 Å². The average molecular weight is 350 g/mol. The molecule has 0 saturated carbocycles. The zero-order chi connectivity index (χ0) is 13.9. The minimum atomic E-state index is 0.416. The summed E-state index contributed by atoms with van der Waals surface area (Å²) in [6.07, 6.45) is 1.50. The summed E-state index contributed by atoms with van der Waals surface area (Å²) in [5.41, 5.74) is 1.85. The zero-order valence-corrected chi connectivity index (χ0v) is 12.7. The van der Waals surface area contributed by atoms with Gasteiger partial charge in [0.1, 0.15) is 12.9 Å². The van der Waals surface area contributed by atoms with E-state index >= 15 is 0 Å². The minimum absolute atomic E-state index is 0.416. The predicted octanol–water partition coefficient (Wildman–Crippen LogP) is 4.62. The van der Waals surface area contributed by atoms with Gasteiger partial charge in [-0.05, 0) is 35.9 Å². The van der Waals surface area contributed by atoms with Crippen LogP contribution in [0.15, 0.2) is 53.3 Å². The Bertz CT molecular complexity index is 764. The number of nitrogens with zero attached hydrogens (tertiary/aromatic N) is 2. The van der Waals surface area contributed by atoms with Gasteiger partial charge in [-0.25, -0.2) is 9.97 Å². The number of fused-ring (bicyclic) bond motifs is 1. The van der Waals surface area contributed by atoms with Gasteiger partial charge in [0.25, 0.3) is 0 Å². The highest BCUT2D eigenvalue weighted by Gasteiger charge is 2.06. The van der Waals surface area contributed by atoms with E-state index in [2.05, 4.69) is 25.9 Å². The zero-order valence-electron chi connectivity index (χ0n) is 10.4. The molecule has 3 nitrogen and oxygen atoms in total. The van der Waals surface area contributed by atoms with Gasteiger partial charge in [-0.2, -0.15) is 0 Å². The van der Waals surface area contributed by atoms with Crippen LogP contribution < -0.4 is 4.74 Å². The fourth-order valence-electron chi connectivity index (χ4n) is 1.90. The fourth-order valence-corrected chi connectivity index (χ4v) is 2.47. The monoisotopic (exact) mass is 348 g/mol.